The molecule has 0 bridgehead atoms. The Morgan fingerprint density at radius 2 is 1.70 bits per heavy atom. The number of fused-ring (bicyclic) bond motifs is 3. The predicted molar refractivity (Wildman–Crippen MR) is 141 cm³/mol. The molecule has 5 nitrogen and oxygen atoms in total. The van der Waals surface area contributed by atoms with Gasteiger partial charge in [-0.25, -0.2) is 0 Å². The van der Waals surface area contributed by atoms with Gasteiger partial charge in [-0.1, -0.05) is 67.6 Å². The molecular weight excluding hydrogens is 462 g/mol. The molecule has 2 aliphatic carbocycles. The third-order valence-corrected chi connectivity index (χ3v) is 10.8. The first-order valence-corrected chi connectivity index (χ1v) is 14.3. The van der Waals surface area contributed by atoms with E-state index in [1.54, 1.807) is 0 Å². The summed E-state index contributed by atoms with van der Waals surface area (Å²) in [6.45, 7) is 4.85. The quantitative estimate of drug-likeness (QED) is 0.466. The van der Waals surface area contributed by atoms with Crippen molar-refractivity contribution in [1.29, 1.82) is 0 Å². The predicted octanol–water partition coefficient (Wildman–Crippen LogP) is 4.91. The number of carbonyl (C=O) groups excluding carboxylic acids is 1. The van der Waals surface area contributed by atoms with Crippen LogP contribution in [-0.4, -0.2) is 53.4 Å². The van der Waals surface area contributed by atoms with Gasteiger partial charge in [0.25, 0.3) is 0 Å². The van der Waals surface area contributed by atoms with Crippen molar-refractivity contribution in [1.82, 2.24) is 4.90 Å². The number of carbonyl (C=O) groups is 1. The summed E-state index contributed by atoms with van der Waals surface area (Å²) in [7, 11) is 0. The summed E-state index contributed by atoms with van der Waals surface area (Å²) in [5.41, 5.74) is 0.955. The number of epoxide rings is 1. The van der Waals surface area contributed by atoms with Gasteiger partial charge in [-0.05, 0) is 74.0 Å². The Bertz CT molecular complexity index is 1110. The molecule has 5 aliphatic rings. The number of likely N-dealkylation sites (tertiary alicyclic amines) is 1. The average molecular weight is 502 g/mol. The number of hydrogen-bond acceptors (Lipinski definition) is 5. The standard InChI is InChI=1S/C32H39NO4/c1-30-15-9-16-31(21-36-31)27(30)18-24-25(29(34)37-26(24)19-30)20-33-17-8-14-28(33)32(35,22-10-4-2-5-11-22)23-12-6-3-7-13-23/h2-7,10-13,24-28,35H,8-9,14-21H2,1H3. The first-order valence-electron chi connectivity index (χ1n) is 14.3. The van der Waals surface area contributed by atoms with Crippen molar-refractivity contribution in [3.63, 3.8) is 0 Å². The fourth-order valence-corrected chi connectivity index (χ4v) is 8.87. The molecule has 3 heterocycles. The molecule has 7 unspecified atom stereocenters. The van der Waals surface area contributed by atoms with Crippen molar-refractivity contribution in [3.05, 3.63) is 71.8 Å². The van der Waals surface area contributed by atoms with Crippen LogP contribution in [0.3, 0.4) is 0 Å². The molecule has 1 N–H and O–H groups in total. The Labute approximate surface area is 220 Å². The molecular formula is C32H39NO4. The maximum absolute atomic E-state index is 13.4. The minimum absolute atomic E-state index is 0.0239. The molecule has 5 heteroatoms. The second-order valence-electron chi connectivity index (χ2n) is 12.8. The van der Waals surface area contributed by atoms with E-state index in [0.29, 0.717) is 12.5 Å². The number of ether oxygens (including phenoxy) is 2. The van der Waals surface area contributed by atoms with E-state index < -0.39 is 5.60 Å². The van der Waals surface area contributed by atoms with Crippen molar-refractivity contribution in [3.8, 4) is 0 Å². The summed E-state index contributed by atoms with van der Waals surface area (Å²) in [6, 6.07) is 20.0. The van der Waals surface area contributed by atoms with Crippen molar-refractivity contribution in [2.24, 2.45) is 23.2 Å². The minimum Gasteiger partial charge on any atom is -0.462 e. The first kappa shape index (κ1) is 23.9. The van der Waals surface area contributed by atoms with E-state index in [1.807, 2.05) is 60.7 Å². The number of nitrogens with zero attached hydrogens (tertiary/aromatic N) is 1. The topological polar surface area (TPSA) is 62.3 Å². The Balaban J connectivity index is 1.18. The molecule has 3 saturated heterocycles. The summed E-state index contributed by atoms with van der Waals surface area (Å²) in [5, 5.41) is 12.5. The number of hydrogen-bond donors (Lipinski definition) is 1. The number of esters is 1. The second kappa shape index (κ2) is 8.65. The van der Waals surface area contributed by atoms with Gasteiger partial charge in [0.05, 0.1) is 18.1 Å². The Morgan fingerprint density at radius 3 is 2.35 bits per heavy atom. The molecule has 0 amide bonds. The Kier molecular flexibility index (Phi) is 5.58. The van der Waals surface area contributed by atoms with Crippen molar-refractivity contribution >= 4 is 5.97 Å². The lowest BCUT2D eigenvalue weighted by atomic mass is 9.53. The number of benzene rings is 2. The van der Waals surface area contributed by atoms with Crippen LogP contribution >= 0.6 is 0 Å². The largest absolute Gasteiger partial charge is 0.462 e. The van der Waals surface area contributed by atoms with Gasteiger partial charge in [0.15, 0.2) is 0 Å². The zero-order chi connectivity index (χ0) is 25.3. The van der Waals surface area contributed by atoms with Crippen LogP contribution in [0, 0.1) is 23.2 Å². The van der Waals surface area contributed by atoms with Crippen LogP contribution in [0.4, 0.5) is 0 Å². The third-order valence-electron chi connectivity index (χ3n) is 10.8. The highest BCUT2D eigenvalue weighted by atomic mass is 16.6. The minimum atomic E-state index is -1.14. The SMILES string of the molecule is CC12CCCC3(CO3)C1CC1C(C2)OC(=O)C1CN1CCCC1C(O)(c1ccccc1)c1ccccc1. The van der Waals surface area contributed by atoms with Crippen LogP contribution in [0.15, 0.2) is 60.7 Å². The molecule has 2 saturated carbocycles. The zero-order valence-electron chi connectivity index (χ0n) is 21.9. The summed E-state index contributed by atoms with van der Waals surface area (Å²) < 4.78 is 12.2. The molecule has 3 aliphatic heterocycles. The molecule has 7 atom stereocenters. The summed E-state index contributed by atoms with van der Waals surface area (Å²) in [5.74, 6) is 0.597. The van der Waals surface area contributed by atoms with E-state index in [4.69, 9.17) is 9.47 Å². The van der Waals surface area contributed by atoms with Gasteiger partial charge in [0.1, 0.15) is 11.7 Å². The van der Waals surface area contributed by atoms with E-state index in [2.05, 4.69) is 11.8 Å². The zero-order valence-corrected chi connectivity index (χ0v) is 21.9. The van der Waals surface area contributed by atoms with Gasteiger partial charge >= 0.3 is 5.97 Å². The highest BCUT2D eigenvalue weighted by Gasteiger charge is 2.65. The Morgan fingerprint density at radius 1 is 1.03 bits per heavy atom. The van der Waals surface area contributed by atoms with Crippen LogP contribution in [0.1, 0.15) is 63.0 Å². The van der Waals surface area contributed by atoms with Gasteiger partial charge in [-0.3, -0.25) is 9.69 Å². The van der Waals surface area contributed by atoms with Crippen LogP contribution in [-0.2, 0) is 19.9 Å². The van der Waals surface area contributed by atoms with E-state index in [9.17, 15) is 9.90 Å². The Hall–Kier alpha value is -2.21. The molecule has 7 rings (SSSR count). The number of aliphatic hydroxyl groups is 1. The fourth-order valence-electron chi connectivity index (χ4n) is 8.87. The summed E-state index contributed by atoms with van der Waals surface area (Å²) >= 11 is 0. The lowest BCUT2D eigenvalue weighted by Gasteiger charge is -2.51. The second-order valence-corrected chi connectivity index (χ2v) is 12.8. The van der Waals surface area contributed by atoms with Crippen LogP contribution in [0.2, 0.25) is 0 Å². The van der Waals surface area contributed by atoms with Gasteiger partial charge in [0, 0.05) is 18.5 Å². The molecule has 0 radical (unpaired) electrons. The molecule has 5 fully saturated rings. The molecule has 0 aromatic heterocycles. The first-order chi connectivity index (χ1) is 17.9. The third kappa shape index (κ3) is 3.72. The highest BCUT2D eigenvalue weighted by molar-refractivity contribution is 5.75. The lowest BCUT2D eigenvalue weighted by molar-refractivity contribution is -0.147. The van der Waals surface area contributed by atoms with E-state index in [-0.39, 0.29) is 41.0 Å². The van der Waals surface area contributed by atoms with Crippen molar-refractivity contribution in [2.75, 3.05) is 19.7 Å². The molecule has 2 aromatic rings. The lowest BCUT2D eigenvalue weighted by Crippen LogP contribution is -2.53. The van der Waals surface area contributed by atoms with Gasteiger partial charge in [0.2, 0.25) is 0 Å². The van der Waals surface area contributed by atoms with E-state index in [0.717, 1.165) is 50.0 Å². The van der Waals surface area contributed by atoms with Crippen LogP contribution in [0.5, 0.6) is 0 Å². The number of rotatable bonds is 5. The van der Waals surface area contributed by atoms with Gasteiger partial charge in [-0.15, -0.1) is 0 Å². The van der Waals surface area contributed by atoms with Crippen LogP contribution in [0.25, 0.3) is 0 Å². The maximum atomic E-state index is 13.4. The molecule has 196 valence electrons. The molecule has 1 spiro atoms. The normalized spacial score (nSPS) is 39.3. The van der Waals surface area contributed by atoms with E-state index in [1.165, 1.54) is 19.3 Å². The monoisotopic (exact) mass is 501 g/mol. The summed E-state index contributed by atoms with van der Waals surface area (Å²) in [4.78, 5) is 15.8. The maximum Gasteiger partial charge on any atom is 0.310 e. The smallest absolute Gasteiger partial charge is 0.310 e. The van der Waals surface area contributed by atoms with Crippen LogP contribution < -0.4 is 0 Å². The average Bonchev–Trinajstić information content (AvgIpc) is 3.40. The van der Waals surface area contributed by atoms with Gasteiger partial charge in [-0.2, -0.15) is 0 Å². The van der Waals surface area contributed by atoms with E-state index >= 15 is 0 Å². The summed E-state index contributed by atoms with van der Waals surface area (Å²) in [6.07, 6.45) is 7.52. The van der Waals surface area contributed by atoms with Crippen molar-refractivity contribution < 1.29 is 19.4 Å². The highest BCUT2D eigenvalue weighted by Crippen LogP contribution is 2.63. The molecule has 2 aromatic carbocycles. The molecule has 37 heavy (non-hydrogen) atoms. The van der Waals surface area contributed by atoms with Gasteiger partial charge < -0.3 is 14.6 Å². The van der Waals surface area contributed by atoms with Crippen molar-refractivity contribution in [2.45, 2.75) is 75.2 Å². The fraction of sp³-hybridized carbons (Fsp3) is 0.594.